The third-order valence-electron chi connectivity index (χ3n) is 6.36. The zero-order chi connectivity index (χ0) is 24.6. The van der Waals surface area contributed by atoms with Crippen LogP contribution in [0.1, 0.15) is 48.2 Å². The number of carboxylic acid groups (broad SMARTS) is 1. The van der Waals surface area contributed by atoms with Gasteiger partial charge in [-0.25, -0.2) is 9.18 Å². The molecule has 0 bridgehead atoms. The molecule has 9 heteroatoms. The number of aromatic nitrogens is 1. The number of rotatable bonds is 6. The van der Waals surface area contributed by atoms with Crippen LogP contribution in [0.3, 0.4) is 0 Å². The number of carbonyl (C=O) groups is 2. The molecular formula is C25H24F4N2O3. The number of aliphatic carboxylic acids is 1. The molecule has 0 spiro atoms. The van der Waals surface area contributed by atoms with Crippen LogP contribution in [0.15, 0.2) is 42.5 Å². The zero-order valence-electron chi connectivity index (χ0n) is 18.5. The second-order valence-electron chi connectivity index (χ2n) is 8.60. The Morgan fingerprint density at radius 1 is 1.18 bits per heavy atom. The Hall–Kier alpha value is -3.36. The number of alkyl halides is 3. The third-order valence-corrected chi connectivity index (χ3v) is 6.36. The minimum absolute atomic E-state index is 0.0607. The molecule has 4 rings (SSSR count). The van der Waals surface area contributed by atoms with Gasteiger partial charge in [0, 0.05) is 22.6 Å². The van der Waals surface area contributed by atoms with E-state index in [2.05, 4.69) is 5.32 Å². The first-order valence-electron chi connectivity index (χ1n) is 11.1. The van der Waals surface area contributed by atoms with Gasteiger partial charge in [0.15, 0.2) is 0 Å². The van der Waals surface area contributed by atoms with E-state index in [1.807, 2.05) is 0 Å². The van der Waals surface area contributed by atoms with Gasteiger partial charge in [-0.1, -0.05) is 19.1 Å². The van der Waals surface area contributed by atoms with Gasteiger partial charge in [-0.3, -0.25) is 4.79 Å². The molecule has 1 aromatic heterocycles. The quantitative estimate of drug-likeness (QED) is 0.489. The van der Waals surface area contributed by atoms with E-state index in [4.69, 9.17) is 0 Å². The van der Waals surface area contributed by atoms with Crippen LogP contribution in [0.25, 0.3) is 10.9 Å². The number of hydrogen-bond donors (Lipinski definition) is 2. The molecule has 2 N–H and O–H groups in total. The summed E-state index contributed by atoms with van der Waals surface area (Å²) in [6.07, 6.45) is -2.62. The molecule has 1 heterocycles. The topological polar surface area (TPSA) is 71.3 Å². The number of nitrogens with zero attached hydrogens (tertiary/aromatic N) is 1. The summed E-state index contributed by atoms with van der Waals surface area (Å²) in [5.41, 5.74) is 2.00. The summed E-state index contributed by atoms with van der Waals surface area (Å²) in [5, 5.41) is 13.3. The van der Waals surface area contributed by atoms with Crippen molar-refractivity contribution in [3.63, 3.8) is 0 Å². The largest absolute Gasteiger partial charge is 0.480 e. The van der Waals surface area contributed by atoms with Gasteiger partial charge in [0.1, 0.15) is 11.9 Å². The molecule has 2 atom stereocenters. The predicted molar refractivity (Wildman–Crippen MR) is 118 cm³/mol. The first-order valence-corrected chi connectivity index (χ1v) is 11.1. The van der Waals surface area contributed by atoms with E-state index in [-0.39, 0.29) is 18.4 Å². The molecule has 1 aliphatic rings. The van der Waals surface area contributed by atoms with E-state index in [1.165, 1.54) is 24.3 Å². The number of nitrogens with one attached hydrogen (secondary N) is 1. The molecule has 1 amide bonds. The lowest BCUT2D eigenvalue weighted by molar-refractivity contribution is -0.141. The second-order valence-corrected chi connectivity index (χ2v) is 8.60. The Morgan fingerprint density at radius 3 is 2.50 bits per heavy atom. The normalized spacial score (nSPS) is 16.8. The first kappa shape index (κ1) is 23.8. The van der Waals surface area contributed by atoms with Crippen molar-refractivity contribution in [2.24, 2.45) is 0 Å². The highest BCUT2D eigenvalue weighted by Crippen LogP contribution is 2.36. The Labute approximate surface area is 193 Å². The van der Waals surface area contributed by atoms with Crippen molar-refractivity contribution >= 4 is 22.8 Å². The summed E-state index contributed by atoms with van der Waals surface area (Å²) in [7, 11) is 0. The predicted octanol–water partition coefficient (Wildman–Crippen LogP) is 5.05. The van der Waals surface area contributed by atoms with Crippen LogP contribution in [-0.2, 0) is 35.0 Å². The summed E-state index contributed by atoms with van der Waals surface area (Å²) in [6, 6.07) is 7.74. The lowest BCUT2D eigenvalue weighted by Crippen LogP contribution is -2.40. The number of amides is 1. The first-order chi connectivity index (χ1) is 16.1. The maximum atomic E-state index is 14.0. The van der Waals surface area contributed by atoms with Crippen LogP contribution in [0, 0.1) is 5.82 Å². The van der Waals surface area contributed by atoms with Crippen LogP contribution in [0.5, 0.6) is 0 Å². The molecular weight excluding hydrogens is 452 g/mol. The molecule has 1 unspecified atom stereocenters. The summed E-state index contributed by atoms with van der Waals surface area (Å²) < 4.78 is 54.0. The van der Waals surface area contributed by atoms with Crippen LogP contribution < -0.4 is 5.32 Å². The van der Waals surface area contributed by atoms with Crippen LogP contribution >= 0.6 is 0 Å². The van der Waals surface area contributed by atoms with Crippen LogP contribution in [-0.4, -0.2) is 27.6 Å². The molecule has 1 aliphatic carbocycles. The number of hydrogen-bond acceptors (Lipinski definition) is 2. The number of benzene rings is 2. The highest BCUT2D eigenvalue weighted by molar-refractivity contribution is 5.88. The average molecular weight is 476 g/mol. The van der Waals surface area contributed by atoms with Gasteiger partial charge in [-0.05, 0) is 67.1 Å². The zero-order valence-corrected chi connectivity index (χ0v) is 18.5. The Bertz CT molecular complexity index is 1230. The van der Waals surface area contributed by atoms with Gasteiger partial charge in [-0.15, -0.1) is 0 Å². The van der Waals surface area contributed by atoms with Gasteiger partial charge in [0.05, 0.1) is 12.0 Å². The van der Waals surface area contributed by atoms with Crippen molar-refractivity contribution in [3.05, 3.63) is 70.7 Å². The molecule has 3 aromatic rings. The van der Waals surface area contributed by atoms with Crippen molar-refractivity contribution in [2.75, 3.05) is 0 Å². The smallest absolute Gasteiger partial charge is 0.416 e. The van der Waals surface area contributed by atoms with E-state index >= 15 is 0 Å². The minimum atomic E-state index is -4.43. The second kappa shape index (κ2) is 9.12. The van der Waals surface area contributed by atoms with Crippen molar-refractivity contribution in [1.29, 1.82) is 0 Å². The molecule has 180 valence electrons. The number of carboxylic acids is 1. The fraction of sp³-hybridized carbons (Fsp3) is 0.360. The van der Waals surface area contributed by atoms with Crippen molar-refractivity contribution < 1.29 is 32.3 Å². The van der Waals surface area contributed by atoms with Gasteiger partial charge in [0.2, 0.25) is 5.91 Å². The average Bonchev–Trinajstić information content (AvgIpc) is 3.07. The summed E-state index contributed by atoms with van der Waals surface area (Å²) in [6.45, 7) is 1.79. The van der Waals surface area contributed by atoms with Crippen molar-refractivity contribution in [3.8, 4) is 0 Å². The van der Waals surface area contributed by atoms with Crippen molar-refractivity contribution in [2.45, 2.75) is 57.3 Å². The summed E-state index contributed by atoms with van der Waals surface area (Å²) in [4.78, 5) is 24.4. The third kappa shape index (κ3) is 4.64. The molecule has 2 aromatic carbocycles. The molecule has 0 radical (unpaired) electrons. The highest BCUT2D eigenvalue weighted by atomic mass is 19.4. The molecule has 0 saturated heterocycles. The van der Waals surface area contributed by atoms with Crippen molar-refractivity contribution in [1.82, 2.24) is 9.88 Å². The Kier molecular flexibility index (Phi) is 6.38. The van der Waals surface area contributed by atoms with Crippen LogP contribution in [0.4, 0.5) is 17.6 Å². The molecule has 0 fully saturated rings. The molecule has 5 nitrogen and oxygen atoms in total. The lowest BCUT2D eigenvalue weighted by Gasteiger charge is -2.26. The highest BCUT2D eigenvalue weighted by Gasteiger charge is 2.32. The number of halogens is 4. The Balaban J connectivity index is 1.54. The Morgan fingerprint density at radius 2 is 1.88 bits per heavy atom. The van der Waals surface area contributed by atoms with E-state index in [1.54, 1.807) is 17.6 Å². The number of fused-ring (bicyclic) bond motifs is 3. The summed E-state index contributed by atoms with van der Waals surface area (Å²) in [5.74, 6) is -1.71. The fourth-order valence-electron chi connectivity index (χ4n) is 4.79. The van der Waals surface area contributed by atoms with Crippen LogP contribution in [0.2, 0.25) is 0 Å². The molecule has 0 aliphatic heterocycles. The fourth-order valence-corrected chi connectivity index (χ4v) is 4.79. The minimum Gasteiger partial charge on any atom is -0.480 e. The standard InChI is InChI=1S/C25H24F4N2O3/c1-2-20(24(33)34)31-21-9-7-16(26)12-18(21)19-13-17(8-10-22(19)31)30-23(32)11-14-3-5-15(6-4-14)25(27,28)29/h3-7,9,12,17,20H,2,8,10-11,13H2,1H3,(H,30,32)(H,33,34)/t17-,20?/m1/s1. The maximum Gasteiger partial charge on any atom is 0.416 e. The maximum absolute atomic E-state index is 14.0. The van der Waals surface area contributed by atoms with E-state index in [0.717, 1.165) is 23.4 Å². The van der Waals surface area contributed by atoms with E-state index in [9.17, 15) is 32.3 Å². The lowest BCUT2D eigenvalue weighted by atomic mass is 9.91. The van der Waals surface area contributed by atoms with Gasteiger partial charge in [-0.2, -0.15) is 13.2 Å². The monoisotopic (exact) mass is 476 g/mol. The van der Waals surface area contributed by atoms with Gasteiger partial charge >= 0.3 is 12.1 Å². The molecule has 0 saturated carbocycles. The van der Waals surface area contributed by atoms with Gasteiger partial charge < -0.3 is 15.0 Å². The molecule has 34 heavy (non-hydrogen) atoms. The summed E-state index contributed by atoms with van der Waals surface area (Å²) >= 11 is 0. The SMILES string of the molecule is CCC(C(=O)O)n1c2c(c3cc(F)ccc31)C[C@H](NC(=O)Cc1ccc(C(F)(F)F)cc1)CC2. The van der Waals surface area contributed by atoms with E-state index < -0.39 is 29.6 Å². The number of carbonyl (C=O) groups excluding carboxylic acids is 1. The van der Waals surface area contributed by atoms with E-state index in [0.29, 0.717) is 42.1 Å². The van der Waals surface area contributed by atoms with Gasteiger partial charge in [0.25, 0.3) is 0 Å².